The fraction of sp³-hybridized carbons (Fsp3) is 0.263. The number of H-pyrrole nitrogens is 1. The van der Waals surface area contributed by atoms with E-state index in [0.29, 0.717) is 5.92 Å². The highest BCUT2D eigenvalue weighted by atomic mass is 15.6. The van der Waals surface area contributed by atoms with Crippen LogP contribution in [0.4, 0.5) is 5.95 Å². The highest BCUT2D eigenvalue weighted by Gasteiger charge is 2.27. The Kier molecular flexibility index (Phi) is 3.62. The topological polar surface area (TPSA) is 75.5 Å². The van der Waals surface area contributed by atoms with E-state index >= 15 is 0 Å². The standard InChI is InChI=1S/C19H19N7/c1-2-8-15(9-3-1)26-19(22-23-24-26)25-12-6-7-14(13-25)18-20-16-10-4-5-11-17(16)21-18/h1-5,8-11,14H,6-7,12-13H2,(H,20,21)/t14-/m0/s1. The van der Waals surface area contributed by atoms with Crippen molar-refractivity contribution in [2.75, 3.05) is 18.0 Å². The van der Waals surface area contributed by atoms with Gasteiger partial charge in [-0.25, -0.2) is 4.98 Å². The van der Waals surface area contributed by atoms with E-state index in [1.54, 1.807) is 4.68 Å². The number of benzene rings is 2. The number of nitrogens with zero attached hydrogens (tertiary/aromatic N) is 6. The number of rotatable bonds is 3. The van der Waals surface area contributed by atoms with Gasteiger partial charge < -0.3 is 9.88 Å². The third kappa shape index (κ3) is 2.61. The van der Waals surface area contributed by atoms with Gasteiger partial charge in [-0.2, -0.15) is 4.68 Å². The number of nitrogens with one attached hydrogen (secondary N) is 1. The lowest BCUT2D eigenvalue weighted by atomic mass is 9.97. The minimum atomic E-state index is 0.345. The first kappa shape index (κ1) is 15.1. The quantitative estimate of drug-likeness (QED) is 0.618. The molecule has 2 aromatic carbocycles. The molecule has 0 saturated carbocycles. The van der Waals surface area contributed by atoms with Crippen LogP contribution < -0.4 is 4.90 Å². The molecule has 3 heterocycles. The number of tetrazole rings is 1. The van der Waals surface area contributed by atoms with Crippen molar-refractivity contribution >= 4 is 17.0 Å². The zero-order chi connectivity index (χ0) is 17.3. The third-order valence-electron chi connectivity index (χ3n) is 4.95. The summed E-state index contributed by atoms with van der Waals surface area (Å²) in [6, 6.07) is 18.2. The number of aromatic amines is 1. The van der Waals surface area contributed by atoms with Crippen molar-refractivity contribution in [3.05, 3.63) is 60.4 Å². The zero-order valence-corrected chi connectivity index (χ0v) is 14.3. The molecule has 1 fully saturated rings. The van der Waals surface area contributed by atoms with E-state index in [9.17, 15) is 0 Å². The summed E-state index contributed by atoms with van der Waals surface area (Å²) in [4.78, 5) is 10.5. The van der Waals surface area contributed by atoms with Crippen LogP contribution in [0.15, 0.2) is 54.6 Å². The number of anilines is 1. The number of hydrogen-bond acceptors (Lipinski definition) is 5. The molecule has 0 radical (unpaired) electrons. The molecule has 26 heavy (non-hydrogen) atoms. The van der Waals surface area contributed by atoms with Crippen LogP contribution in [0.5, 0.6) is 0 Å². The van der Waals surface area contributed by atoms with Gasteiger partial charge in [0.1, 0.15) is 5.82 Å². The molecule has 1 saturated heterocycles. The summed E-state index contributed by atoms with van der Waals surface area (Å²) in [5.41, 5.74) is 3.08. The molecule has 1 aliphatic rings. The lowest BCUT2D eigenvalue weighted by Gasteiger charge is -2.31. The second-order valence-electron chi connectivity index (χ2n) is 6.65. The van der Waals surface area contributed by atoms with Crippen LogP contribution in [0.1, 0.15) is 24.6 Å². The van der Waals surface area contributed by atoms with E-state index in [1.807, 2.05) is 48.5 Å². The van der Waals surface area contributed by atoms with Crippen molar-refractivity contribution in [1.29, 1.82) is 0 Å². The van der Waals surface area contributed by atoms with Gasteiger partial charge in [-0.1, -0.05) is 35.4 Å². The molecule has 1 N–H and O–H groups in total. The maximum Gasteiger partial charge on any atom is 0.250 e. The van der Waals surface area contributed by atoms with E-state index in [0.717, 1.165) is 54.4 Å². The van der Waals surface area contributed by atoms with Gasteiger partial charge >= 0.3 is 0 Å². The molecular formula is C19H19N7. The summed E-state index contributed by atoms with van der Waals surface area (Å²) in [6.45, 7) is 1.80. The van der Waals surface area contributed by atoms with Crippen LogP contribution in [0, 0.1) is 0 Å². The summed E-state index contributed by atoms with van der Waals surface area (Å²) in [7, 11) is 0. The summed E-state index contributed by atoms with van der Waals surface area (Å²) in [5.74, 6) is 2.18. The van der Waals surface area contributed by atoms with Crippen LogP contribution in [-0.4, -0.2) is 43.3 Å². The SMILES string of the molecule is c1ccc(-n2nnnc2N2CCC[C@H](c3nc4ccccc4[nH]3)C2)cc1. The van der Waals surface area contributed by atoms with E-state index in [4.69, 9.17) is 4.98 Å². The van der Waals surface area contributed by atoms with Crippen molar-refractivity contribution in [1.82, 2.24) is 30.2 Å². The Morgan fingerprint density at radius 3 is 2.73 bits per heavy atom. The second-order valence-corrected chi connectivity index (χ2v) is 6.65. The molecule has 5 rings (SSSR count). The van der Waals surface area contributed by atoms with Gasteiger partial charge in [0.25, 0.3) is 0 Å². The Hall–Kier alpha value is -3.22. The number of piperidine rings is 1. The maximum absolute atomic E-state index is 4.79. The monoisotopic (exact) mass is 345 g/mol. The molecule has 1 aliphatic heterocycles. The minimum absolute atomic E-state index is 0.345. The molecule has 0 aliphatic carbocycles. The normalized spacial score (nSPS) is 17.7. The van der Waals surface area contributed by atoms with E-state index in [2.05, 4.69) is 31.5 Å². The minimum Gasteiger partial charge on any atom is -0.342 e. The molecule has 7 nitrogen and oxygen atoms in total. The summed E-state index contributed by atoms with van der Waals surface area (Å²) in [5, 5.41) is 12.4. The van der Waals surface area contributed by atoms with Crippen molar-refractivity contribution < 1.29 is 0 Å². The first-order valence-electron chi connectivity index (χ1n) is 8.92. The largest absolute Gasteiger partial charge is 0.342 e. The first-order chi connectivity index (χ1) is 12.9. The first-order valence-corrected chi connectivity index (χ1v) is 8.92. The highest BCUT2D eigenvalue weighted by Crippen LogP contribution is 2.29. The molecule has 0 spiro atoms. The fourth-order valence-corrected chi connectivity index (χ4v) is 3.66. The average Bonchev–Trinajstić information content (AvgIpc) is 3.36. The van der Waals surface area contributed by atoms with Gasteiger partial charge in [0.2, 0.25) is 5.95 Å². The number of para-hydroxylation sites is 3. The molecular weight excluding hydrogens is 326 g/mol. The Morgan fingerprint density at radius 2 is 1.85 bits per heavy atom. The Labute approximate surface area is 150 Å². The zero-order valence-electron chi connectivity index (χ0n) is 14.3. The smallest absolute Gasteiger partial charge is 0.250 e. The average molecular weight is 345 g/mol. The Balaban J connectivity index is 1.44. The van der Waals surface area contributed by atoms with Crippen molar-refractivity contribution in [2.24, 2.45) is 0 Å². The molecule has 130 valence electrons. The van der Waals surface area contributed by atoms with Gasteiger partial charge in [0, 0.05) is 19.0 Å². The number of imidazole rings is 1. The van der Waals surface area contributed by atoms with Gasteiger partial charge in [0.05, 0.1) is 16.7 Å². The summed E-state index contributed by atoms with van der Waals surface area (Å²) >= 11 is 0. The van der Waals surface area contributed by atoms with Crippen LogP contribution in [-0.2, 0) is 0 Å². The van der Waals surface area contributed by atoms with Crippen LogP contribution >= 0.6 is 0 Å². The predicted molar refractivity (Wildman–Crippen MR) is 99.4 cm³/mol. The van der Waals surface area contributed by atoms with Crippen LogP contribution in [0.3, 0.4) is 0 Å². The molecule has 0 amide bonds. The van der Waals surface area contributed by atoms with Gasteiger partial charge in [-0.3, -0.25) is 0 Å². The molecule has 2 aromatic heterocycles. The summed E-state index contributed by atoms with van der Waals surface area (Å²) in [6.07, 6.45) is 2.20. The lowest BCUT2D eigenvalue weighted by molar-refractivity contribution is 0.486. The van der Waals surface area contributed by atoms with Gasteiger partial charge in [-0.05, 0) is 47.5 Å². The highest BCUT2D eigenvalue weighted by molar-refractivity contribution is 5.74. The third-order valence-corrected chi connectivity index (χ3v) is 4.95. The second kappa shape index (κ2) is 6.25. The van der Waals surface area contributed by atoms with E-state index in [1.165, 1.54) is 0 Å². The molecule has 0 bridgehead atoms. The fourth-order valence-electron chi connectivity index (χ4n) is 3.66. The van der Waals surface area contributed by atoms with Crippen molar-refractivity contribution in [2.45, 2.75) is 18.8 Å². The number of fused-ring (bicyclic) bond motifs is 1. The molecule has 0 unspecified atom stereocenters. The van der Waals surface area contributed by atoms with Crippen molar-refractivity contribution in [3.8, 4) is 5.69 Å². The Morgan fingerprint density at radius 1 is 1.00 bits per heavy atom. The molecule has 7 heteroatoms. The van der Waals surface area contributed by atoms with Crippen molar-refractivity contribution in [3.63, 3.8) is 0 Å². The van der Waals surface area contributed by atoms with Crippen LogP contribution in [0.2, 0.25) is 0 Å². The lowest BCUT2D eigenvalue weighted by Crippen LogP contribution is -2.36. The van der Waals surface area contributed by atoms with E-state index < -0.39 is 0 Å². The number of hydrogen-bond donors (Lipinski definition) is 1. The maximum atomic E-state index is 4.79. The summed E-state index contributed by atoms with van der Waals surface area (Å²) < 4.78 is 1.81. The van der Waals surface area contributed by atoms with Gasteiger partial charge in [0.15, 0.2) is 0 Å². The molecule has 4 aromatic rings. The molecule has 1 atom stereocenters. The van der Waals surface area contributed by atoms with Gasteiger partial charge in [-0.15, -0.1) is 0 Å². The predicted octanol–water partition coefficient (Wildman–Crippen LogP) is 2.92. The van der Waals surface area contributed by atoms with Crippen LogP contribution in [0.25, 0.3) is 16.7 Å². The number of aromatic nitrogens is 6. The van der Waals surface area contributed by atoms with E-state index in [-0.39, 0.29) is 0 Å². The Bertz CT molecular complexity index is 987.